The maximum Gasteiger partial charge on any atom is 0.123 e. The molecule has 0 aliphatic rings. The summed E-state index contributed by atoms with van der Waals surface area (Å²) in [6.45, 7) is 3.67. The van der Waals surface area contributed by atoms with Gasteiger partial charge in [0, 0.05) is 9.75 Å². The van der Waals surface area contributed by atoms with Gasteiger partial charge in [0.2, 0.25) is 0 Å². The topological polar surface area (TPSA) is 20.2 Å². The lowest BCUT2D eigenvalue weighted by Gasteiger charge is -2.22. The summed E-state index contributed by atoms with van der Waals surface area (Å²) < 4.78 is 13.1. The van der Waals surface area contributed by atoms with Crippen LogP contribution in [0.4, 0.5) is 4.39 Å². The molecule has 2 rings (SSSR count). The molecule has 0 bridgehead atoms. The summed E-state index contributed by atoms with van der Waals surface area (Å²) in [4.78, 5) is 1.96. The molecule has 0 saturated carbocycles. The van der Waals surface area contributed by atoms with Crippen molar-refractivity contribution in [1.82, 2.24) is 0 Å². The van der Waals surface area contributed by atoms with Gasteiger partial charge in [-0.05, 0) is 43.7 Å². The minimum Gasteiger partial charge on any atom is -0.380 e. The highest BCUT2D eigenvalue weighted by Crippen LogP contribution is 2.33. The average Bonchev–Trinajstić information content (AvgIpc) is 2.65. The standard InChI is InChI=1S/C13H13FOS/c1-9-6-7-12(16-9)13(2,15)10-4-3-5-11(14)8-10/h3-8,15H,1-2H3. The first-order valence-corrected chi connectivity index (χ1v) is 5.87. The first kappa shape index (κ1) is 11.3. The number of aliphatic hydroxyl groups is 1. The monoisotopic (exact) mass is 236 g/mol. The summed E-state index contributed by atoms with van der Waals surface area (Å²) in [6, 6.07) is 9.92. The van der Waals surface area contributed by atoms with E-state index >= 15 is 0 Å². The van der Waals surface area contributed by atoms with Crippen LogP contribution in [0.15, 0.2) is 36.4 Å². The van der Waals surface area contributed by atoms with Crippen LogP contribution in [0.3, 0.4) is 0 Å². The molecule has 0 spiro atoms. The maximum absolute atomic E-state index is 13.1. The molecular weight excluding hydrogens is 223 g/mol. The lowest BCUT2D eigenvalue weighted by atomic mass is 9.94. The number of hydrogen-bond acceptors (Lipinski definition) is 2. The van der Waals surface area contributed by atoms with Crippen LogP contribution in [-0.4, -0.2) is 5.11 Å². The van der Waals surface area contributed by atoms with Gasteiger partial charge in [0.15, 0.2) is 0 Å². The van der Waals surface area contributed by atoms with E-state index in [1.54, 1.807) is 19.1 Å². The van der Waals surface area contributed by atoms with E-state index in [9.17, 15) is 9.50 Å². The van der Waals surface area contributed by atoms with Gasteiger partial charge in [-0.15, -0.1) is 11.3 Å². The van der Waals surface area contributed by atoms with Gasteiger partial charge in [-0.25, -0.2) is 4.39 Å². The van der Waals surface area contributed by atoms with Crippen molar-refractivity contribution in [2.75, 3.05) is 0 Å². The Balaban J connectivity index is 2.46. The number of thiophene rings is 1. The predicted molar refractivity (Wildman–Crippen MR) is 64.1 cm³/mol. The number of aryl methyl sites for hydroxylation is 1. The highest BCUT2D eigenvalue weighted by atomic mass is 32.1. The van der Waals surface area contributed by atoms with E-state index in [0.717, 1.165) is 9.75 Å². The lowest BCUT2D eigenvalue weighted by molar-refractivity contribution is 0.106. The quantitative estimate of drug-likeness (QED) is 0.846. The second-order valence-electron chi connectivity index (χ2n) is 3.99. The van der Waals surface area contributed by atoms with Gasteiger partial charge >= 0.3 is 0 Å². The lowest BCUT2D eigenvalue weighted by Crippen LogP contribution is -2.21. The minimum absolute atomic E-state index is 0.328. The van der Waals surface area contributed by atoms with Crippen molar-refractivity contribution in [2.24, 2.45) is 0 Å². The fraction of sp³-hybridized carbons (Fsp3) is 0.231. The van der Waals surface area contributed by atoms with Gasteiger partial charge in [-0.3, -0.25) is 0 Å². The number of hydrogen-bond donors (Lipinski definition) is 1. The molecule has 1 aromatic carbocycles. The van der Waals surface area contributed by atoms with Gasteiger partial charge < -0.3 is 5.11 Å². The Morgan fingerprint density at radius 1 is 1.25 bits per heavy atom. The average molecular weight is 236 g/mol. The Labute approximate surface area is 98.2 Å². The maximum atomic E-state index is 13.1. The van der Waals surface area contributed by atoms with E-state index in [2.05, 4.69) is 0 Å². The van der Waals surface area contributed by atoms with Crippen LogP contribution in [0.5, 0.6) is 0 Å². The van der Waals surface area contributed by atoms with Crippen LogP contribution in [0.25, 0.3) is 0 Å². The SMILES string of the molecule is Cc1ccc(C(C)(O)c2cccc(F)c2)s1. The fourth-order valence-corrected chi connectivity index (χ4v) is 2.57. The molecule has 0 aliphatic heterocycles. The van der Waals surface area contributed by atoms with Crippen molar-refractivity contribution in [1.29, 1.82) is 0 Å². The molecule has 0 radical (unpaired) electrons. The Bertz CT molecular complexity index is 502. The van der Waals surface area contributed by atoms with E-state index in [0.29, 0.717) is 5.56 Å². The summed E-state index contributed by atoms with van der Waals surface area (Å²) in [6.07, 6.45) is 0. The van der Waals surface area contributed by atoms with E-state index in [1.165, 1.54) is 23.5 Å². The van der Waals surface area contributed by atoms with Crippen molar-refractivity contribution in [2.45, 2.75) is 19.4 Å². The van der Waals surface area contributed by atoms with Gasteiger partial charge in [0.1, 0.15) is 11.4 Å². The van der Waals surface area contributed by atoms with Crippen molar-refractivity contribution >= 4 is 11.3 Å². The molecule has 1 atom stereocenters. The predicted octanol–water partition coefficient (Wildman–Crippen LogP) is 3.45. The Morgan fingerprint density at radius 3 is 2.56 bits per heavy atom. The molecule has 0 saturated heterocycles. The molecule has 1 nitrogen and oxygen atoms in total. The molecular formula is C13H13FOS. The van der Waals surface area contributed by atoms with Crippen LogP contribution >= 0.6 is 11.3 Å². The van der Waals surface area contributed by atoms with E-state index in [4.69, 9.17) is 0 Å². The molecule has 16 heavy (non-hydrogen) atoms. The Morgan fingerprint density at radius 2 is 2.00 bits per heavy atom. The normalized spacial score (nSPS) is 14.8. The molecule has 0 fully saturated rings. The van der Waals surface area contributed by atoms with Gasteiger partial charge in [-0.1, -0.05) is 12.1 Å². The van der Waals surface area contributed by atoms with Crippen LogP contribution in [0.2, 0.25) is 0 Å². The second-order valence-corrected chi connectivity index (χ2v) is 5.28. The summed E-state index contributed by atoms with van der Waals surface area (Å²) >= 11 is 1.52. The van der Waals surface area contributed by atoms with Gasteiger partial charge in [0.25, 0.3) is 0 Å². The Hall–Kier alpha value is -1.19. The highest BCUT2D eigenvalue weighted by molar-refractivity contribution is 7.12. The number of rotatable bonds is 2. The first-order valence-electron chi connectivity index (χ1n) is 5.05. The van der Waals surface area contributed by atoms with Crippen molar-refractivity contribution in [3.63, 3.8) is 0 Å². The minimum atomic E-state index is -1.12. The summed E-state index contributed by atoms with van der Waals surface area (Å²) in [5.74, 6) is -0.328. The molecule has 84 valence electrons. The van der Waals surface area contributed by atoms with Gasteiger partial charge in [-0.2, -0.15) is 0 Å². The smallest absolute Gasteiger partial charge is 0.123 e. The third-order valence-electron chi connectivity index (χ3n) is 2.61. The molecule has 1 N–H and O–H groups in total. The zero-order valence-corrected chi connectivity index (χ0v) is 10.0. The van der Waals surface area contributed by atoms with Crippen LogP contribution in [0.1, 0.15) is 22.2 Å². The van der Waals surface area contributed by atoms with Crippen molar-refractivity contribution < 1.29 is 9.50 Å². The second kappa shape index (κ2) is 4.00. The third-order valence-corrected chi connectivity index (χ3v) is 3.82. The fourth-order valence-electron chi connectivity index (χ4n) is 1.63. The van der Waals surface area contributed by atoms with Crippen LogP contribution in [-0.2, 0) is 5.60 Å². The Kier molecular flexibility index (Phi) is 2.82. The zero-order valence-electron chi connectivity index (χ0n) is 9.20. The largest absolute Gasteiger partial charge is 0.380 e. The van der Waals surface area contributed by atoms with E-state index in [-0.39, 0.29) is 5.82 Å². The summed E-state index contributed by atoms with van der Waals surface area (Å²) in [7, 11) is 0. The highest BCUT2D eigenvalue weighted by Gasteiger charge is 2.27. The van der Waals surface area contributed by atoms with Crippen molar-refractivity contribution in [3.05, 3.63) is 57.5 Å². The van der Waals surface area contributed by atoms with Gasteiger partial charge in [0.05, 0.1) is 0 Å². The number of halogens is 1. The zero-order chi connectivity index (χ0) is 11.8. The third kappa shape index (κ3) is 2.01. The molecule has 0 amide bonds. The molecule has 2 aromatic rings. The van der Waals surface area contributed by atoms with E-state index in [1.807, 2.05) is 19.1 Å². The van der Waals surface area contributed by atoms with E-state index < -0.39 is 5.60 Å². The summed E-state index contributed by atoms with van der Waals surface area (Å²) in [5.41, 5.74) is -0.546. The molecule has 0 aliphatic carbocycles. The molecule has 1 unspecified atom stereocenters. The summed E-state index contributed by atoms with van der Waals surface area (Å²) in [5, 5.41) is 10.4. The molecule has 3 heteroatoms. The molecule has 1 heterocycles. The van der Waals surface area contributed by atoms with Crippen LogP contribution < -0.4 is 0 Å². The molecule has 1 aromatic heterocycles. The first-order chi connectivity index (χ1) is 7.50. The van der Waals surface area contributed by atoms with Crippen LogP contribution in [0, 0.1) is 12.7 Å². The number of benzene rings is 1. The van der Waals surface area contributed by atoms with Crippen molar-refractivity contribution in [3.8, 4) is 0 Å².